The van der Waals surface area contributed by atoms with Crippen molar-refractivity contribution >= 4 is 28.3 Å². The second-order valence-corrected chi connectivity index (χ2v) is 7.87. The van der Waals surface area contributed by atoms with Crippen LogP contribution in [0.25, 0.3) is 0 Å². The number of sulfonamides is 1. The number of nitrogens with one attached hydrogen (secondary N) is 2. The third-order valence-corrected chi connectivity index (χ3v) is 5.55. The zero-order chi connectivity index (χ0) is 17.0. The van der Waals surface area contributed by atoms with Gasteiger partial charge in [-0.25, -0.2) is 13.1 Å². The van der Waals surface area contributed by atoms with Crippen LogP contribution in [0, 0.1) is 0 Å². The van der Waals surface area contributed by atoms with E-state index < -0.39 is 10.0 Å². The number of carbonyl (C=O) groups excluding carboxylic acids is 1. The molecular weight excluding hydrogens is 350 g/mol. The maximum atomic E-state index is 12.6. The van der Waals surface area contributed by atoms with Gasteiger partial charge in [-0.3, -0.25) is 4.79 Å². The van der Waals surface area contributed by atoms with E-state index >= 15 is 0 Å². The van der Waals surface area contributed by atoms with Crippen LogP contribution in [-0.2, 0) is 10.0 Å². The SMILES string of the molecule is CNCC1CCCN1C(=O)c1ccc(S(=O)(=O)NC(C)C)cc1.Cl. The largest absolute Gasteiger partial charge is 0.334 e. The Morgan fingerprint density at radius 2 is 1.92 bits per heavy atom. The van der Waals surface area contributed by atoms with Crippen molar-refractivity contribution in [2.45, 2.75) is 43.7 Å². The van der Waals surface area contributed by atoms with Gasteiger partial charge >= 0.3 is 0 Å². The van der Waals surface area contributed by atoms with Crippen molar-refractivity contribution in [1.29, 1.82) is 0 Å². The van der Waals surface area contributed by atoms with Crippen LogP contribution in [0.15, 0.2) is 29.2 Å². The highest BCUT2D eigenvalue weighted by Crippen LogP contribution is 2.20. The smallest absolute Gasteiger partial charge is 0.254 e. The van der Waals surface area contributed by atoms with E-state index in [2.05, 4.69) is 10.0 Å². The third-order valence-electron chi connectivity index (χ3n) is 3.88. The third kappa shape index (κ3) is 4.92. The zero-order valence-electron chi connectivity index (χ0n) is 14.3. The Bertz CT molecular complexity index is 647. The summed E-state index contributed by atoms with van der Waals surface area (Å²) in [6.45, 7) is 5.06. The Balaban J connectivity index is 0.00000288. The molecule has 0 saturated carbocycles. The van der Waals surface area contributed by atoms with Crippen LogP contribution in [0.2, 0.25) is 0 Å². The monoisotopic (exact) mass is 375 g/mol. The Labute approximate surface area is 150 Å². The van der Waals surface area contributed by atoms with Crippen molar-refractivity contribution in [1.82, 2.24) is 14.9 Å². The van der Waals surface area contributed by atoms with E-state index in [9.17, 15) is 13.2 Å². The van der Waals surface area contributed by atoms with Crippen LogP contribution in [0.4, 0.5) is 0 Å². The lowest BCUT2D eigenvalue weighted by atomic mass is 10.1. The van der Waals surface area contributed by atoms with E-state index in [-0.39, 0.29) is 35.3 Å². The molecule has 24 heavy (non-hydrogen) atoms. The Morgan fingerprint density at radius 3 is 2.46 bits per heavy atom. The van der Waals surface area contributed by atoms with Crippen LogP contribution in [0.3, 0.4) is 0 Å². The van der Waals surface area contributed by atoms with Gasteiger partial charge in [0.05, 0.1) is 4.90 Å². The molecule has 1 aromatic carbocycles. The molecule has 2 rings (SSSR count). The molecule has 0 radical (unpaired) electrons. The Hall–Kier alpha value is -1.15. The molecule has 2 N–H and O–H groups in total. The van der Waals surface area contributed by atoms with Gasteiger partial charge in [-0.2, -0.15) is 0 Å². The van der Waals surface area contributed by atoms with Crippen molar-refractivity contribution in [2.24, 2.45) is 0 Å². The molecule has 1 aliphatic rings. The first-order chi connectivity index (χ1) is 10.8. The van der Waals surface area contributed by atoms with Gasteiger partial charge < -0.3 is 10.2 Å². The molecule has 1 saturated heterocycles. The van der Waals surface area contributed by atoms with Crippen molar-refractivity contribution < 1.29 is 13.2 Å². The molecule has 136 valence electrons. The number of halogens is 1. The number of carbonyl (C=O) groups is 1. The zero-order valence-corrected chi connectivity index (χ0v) is 15.9. The minimum Gasteiger partial charge on any atom is -0.334 e. The summed E-state index contributed by atoms with van der Waals surface area (Å²) in [6.07, 6.45) is 2.00. The minimum absolute atomic E-state index is 0. The van der Waals surface area contributed by atoms with Gasteiger partial charge in [0, 0.05) is 30.7 Å². The number of hydrogen-bond donors (Lipinski definition) is 2. The molecule has 1 heterocycles. The quantitative estimate of drug-likeness (QED) is 0.791. The fraction of sp³-hybridized carbons (Fsp3) is 0.562. The van der Waals surface area contributed by atoms with E-state index in [1.165, 1.54) is 12.1 Å². The Morgan fingerprint density at radius 1 is 1.29 bits per heavy atom. The average Bonchev–Trinajstić information content (AvgIpc) is 2.94. The van der Waals surface area contributed by atoms with E-state index in [1.54, 1.807) is 26.0 Å². The highest BCUT2D eigenvalue weighted by Gasteiger charge is 2.29. The van der Waals surface area contributed by atoms with Gasteiger partial charge in [-0.05, 0) is 58.0 Å². The van der Waals surface area contributed by atoms with Crippen molar-refractivity contribution in [3.8, 4) is 0 Å². The summed E-state index contributed by atoms with van der Waals surface area (Å²) in [5, 5.41) is 3.11. The molecule has 0 bridgehead atoms. The molecule has 0 aliphatic carbocycles. The molecule has 6 nitrogen and oxygen atoms in total. The topological polar surface area (TPSA) is 78.5 Å². The normalized spacial score (nSPS) is 17.8. The number of likely N-dealkylation sites (tertiary alicyclic amines) is 1. The molecular formula is C16H26ClN3O3S. The molecule has 0 spiro atoms. The van der Waals surface area contributed by atoms with Gasteiger partial charge in [0.1, 0.15) is 0 Å². The van der Waals surface area contributed by atoms with Crippen LogP contribution in [0.5, 0.6) is 0 Å². The first-order valence-electron chi connectivity index (χ1n) is 7.93. The summed E-state index contributed by atoms with van der Waals surface area (Å²) in [6, 6.07) is 6.19. The summed E-state index contributed by atoms with van der Waals surface area (Å²) in [5.41, 5.74) is 0.525. The number of amides is 1. The first-order valence-corrected chi connectivity index (χ1v) is 9.41. The number of likely N-dealkylation sites (N-methyl/N-ethyl adjacent to an activating group) is 1. The Kier molecular flexibility index (Phi) is 7.66. The summed E-state index contributed by atoms with van der Waals surface area (Å²) in [7, 11) is -1.65. The molecule has 8 heteroatoms. The molecule has 1 fully saturated rings. The maximum absolute atomic E-state index is 12.6. The molecule has 1 aromatic rings. The van der Waals surface area contributed by atoms with Gasteiger partial charge in [-0.1, -0.05) is 0 Å². The highest BCUT2D eigenvalue weighted by atomic mass is 35.5. The number of hydrogen-bond acceptors (Lipinski definition) is 4. The van der Waals surface area contributed by atoms with E-state index in [0.717, 1.165) is 25.9 Å². The second kappa shape index (κ2) is 8.80. The highest BCUT2D eigenvalue weighted by molar-refractivity contribution is 7.89. The van der Waals surface area contributed by atoms with Crippen LogP contribution < -0.4 is 10.0 Å². The number of benzene rings is 1. The van der Waals surface area contributed by atoms with Crippen LogP contribution >= 0.6 is 12.4 Å². The predicted molar refractivity (Wildman–Crippen MR) is 97.1 cm³/mol. The summed E-state index contributed by atoms with van der Waals surface area (Å²) < 4.78 is 26.7. The second-order valence-electron chi connectivity index (χ2n) is 6.15. The molecule has 1 unspecified atom stereocenters. The lowest BCUT2D eigenvalue weighted by Crippen LogP contribution is -2.40. The first kappa shape index (κ1) is 20.9. The number of rotatable bonds is 6. The van der Waals surface area contributed by atoms with E-state index in [4.69, 9.17) is 0 Å². The van der Waals surface area contributed by atoms with Crippen molar-refractivity contribution in [2.75, 3.05) is 20.1 Å². The molecule has 1 atom stereocenters. The molecule has 1 aliphatic heterocycles. The van der Waals surface area contributed by atoms with Crippen molar-refractivity contribution in [3.63, 3.8) is 0 Å². The molecule has 0 aromatic heterocycles. The fourth-order valence-corrected chi connectivity index (χ4v) is 4.12. The van der Waals surface area contributed by atoms with Crippen LogP contribution in [0.1, 0.15) is 37.0 Å². The number of nitrogens with zero attached hydrogens (tertiary/aromatic N) is 1. The molecule has 1 amide bonds. The van der Waals surface area contributed by atoms with E-state index in [1.807, 2.05) is 11.9 Å². The standard InChI is InChI=1S/C16H25N3O3S.ClH/c1-12(2)18-23(21,22)15-8-6-13(7-9-15)16(20)19-10-4-5-14(19)11-17-3;/h6-9,12,14,17-18H,4-5,10-11H2,1-3H3;1H. The fourth-order valence-electron chi connectivity index (χ4n) is 2.87. The summed E-state index contributed by atoms with van der Waals surface area (Å²) in [4.78, 5) is 14.6. The van der Waals surface area contributed by atoms with E-state index in [0.29, 0.717) is 5.56 Å². The summed E-state index contributed by atoms with van der Waals surface area (Å²) in [5.74, 6) is -0.0384. The lowest BCUT2D eigenvalue weighted by Gasteiger charge is -2.24. The minimum atomic E-state index is -3.53. The lowest BCUT2D eigenvalue weighted by molar-refractivity contribution is 0.0737. The van der Waals surface area contributed by atoms with Crippen molar-refractivity contribution in [3.05, 3.63) is 29.8 Å². The van der Waals surface area contributed by atoms with Gasteiger partial charge in [0.25, 0.3) is 5.91 Å². The van der Waals surface area contributed by atoms with Gasteiger partial charge in [0.15, 0.2) is 0 Å². The van der Waals surface area contributed by atoms with Crippen LogP contribution in [-0.4, -0.2) is 51.4 Å². The maximum Gasteiger partial charge on any atom is 0.254 e. The van der Waals surface area contributed by atoms with Gasteiger partial charge in [0.2, 0.25) is 10.0 Å². The summed E-state index contributed by atoms with van der Waals surface area (Å²) >= 11 is 0. The average molecular weight is 376 g/mol. The van der Waals surface area contributed by atoms with Gasteiger partial charge in [-0.15, -0.1) is 12.4 Å². The predicted octanol–water partition coefficient (Wildman–Crippen LogP) is 1.62.